The summed E-state index contributed by atoms with van der Waals surface area (Å²) in [5.41, 5.74) is 3.34. The molecule has 1 aliphatic heterocycles. The van der Waals surface area contributed by atoms with Gasteiger partial charge < -0.3 is 4.74 Å². The van der Waals surface area contributed by atoms with Gasteiger partial charge >= 0.3 is 0 Å². The van der Waals surface area contributed by atoms with Gasteiger partial charge in [-0.15, -0.1) is 0 Å². The van der Waals surface area contributed by atoms with Crippen molar-refractivity contribution in [1.82, 2.24) is 9.73 Å². The number of amides is 1. The van der Waals surface area contributed by atoms with Gasteiger partial charge in [-0.3, -0.25) is 4.79 Å². The molecule has 1 saturated heterocycles. The van der Waals surface area contributed by atoms with Crippen LogP contribution in [0.1, 0.15) is 31.7 Å². The maximum atomic E-state index is 12.2. The number of nitrogens with one attached hydrogen (secondary N) is 1. The van der Waals surface area contributed by atoms with Gasteiger partial charge in [-0.05, 0) is 49.1 Å². The average Bonchev–Trinajstić information content (AvgIpc) is 2.60. The zero-order valence-electron chi connectivity index (χ0n) is 14.6. The van der Waals surface area contributed by atoms with E-state index in [9.17, 15) is 13.2 Å². The van der Waals surface area contributed by atoms with Crippen molar-refractivity contribution in [2.24, 2.45) is 11.0 Å². The molecule has 2 rings (SSSR count). The molecule has 1 aromatic rings. The fourth-order valence-corrected chi connectivity index (χ4v) is 3.50. The molecular weight excluding hydrogens is 342 g/mol. The van der Waals surface area contributed by atoms with Crippen LogP contribution in [0.4, 0.5) is 0 Å². The highest BCUT2D eigenvalue weighted by Crippen LogP contribution is 2.18. The van der Waals surface area contributed by atoms with E-state index in [2.05, 4.69) is 10.5 Å². The molecule has 1 N–H and O–H groups in total. The van der Waals surface area contributed by atoms with Crippen molar-refractivity contribution < 1.29 is 17.9 Å². The van der Waals surface area contributed by atoms with Crippen LogP contribution in [0.5, 0.6) is 5.75 Å². The Balaban J connectivity index is 1.85. The molecule has 0 aromatic heterocycles. The Hall–Kier alpha value is -1.93. The molecule has 0 radical (unpaired) electrons. The fraction of sp³-hybridized carbons (Fsp3) is 0.529. The van der Waals surface area contributed by atoms with Crippen LogP contribution in [0, 0.1) is 5.92 Å². The van der Waals surface area contributed by atoms with Gasteiger partial charge in [-0.25, -0.2) is 18.1 Å². The van der Waals surface area contributed by atoms with Gasteiger partial charge in [0.25, 0.3) is 0 Å². The van der Waals surface area contributed by atoms with E-state index in [-0.39, 0.29) is 18.4 Å². The molecule has 1 fully saturated rings. The molecule has 1 atom stereocenters. The van der Waals surface area contributed by atoms with Crippen LogP contribution >= 0.6 is 0 Å². The Labute approximate surface area is 149 Å². The zero-order valence-corrected chi connectivity index (χ0v) is 15.5. The van der Waals surface area contributed by atoms with Crippen LogP contribution in [0.2, 0.25) is 0 Å². The summed E-state index contributed by atoms with van der Waals surface area (Å²) >= 11 is 0. The topological polar surface area (TPSA) is 88.1 Å². The largest absolute Gasteiger partial charge is 0.494 e. The van der Waals surface area contributed by atoms with E-state index in [1.54, 1.807) is 6.21 Å². The van der Waals surface area contributed by atoms with Gasteiger partial charge in [-0.1, -0.05) is 6.92 Å². The third-order valence-electron chi connectivity index (χ3n) is 3.97. The van der Waals surface area contributed by atoms with Crippen molar-refractivity contribution in [3.63, 3.8) is 0 Å². The molecule has 25 heavy (non-hydrogen) atoms. The minimum atomic E-state index is -3.26. The Bertz CT molecular complexity index is 701. The first kappa shape index (κ1) is 19.4. The lowest BCUT2D eigenvalue weighted by atomic mass is 9.99. The lowest BCUT2D eigenvalue weighted by molar-refractivity contribution is -0.126. The van der Waals surface area contributed by atoms with Crippen molar-refractivity contribution in [2.75, 3.05) is 26.0 Å². The summed E-state index contributed by atoms with van der Waals surface area (Å²) in [7, 11) is -3.26. The Morgan fingerprint density at radius 2 is 2.12 bits per heavy atom. The van der Waals surface area contributed by atoms with E-state index in [1.807, 2.05) is 31.2 Å². The molecule has 0 bridgehead atoms. The first-order valence-corrected chi connectivity index (χ1v) is 10.3. The van der Waals surface area contributed by atoms with Crippen molar-refractivity contribution >= 4 is 22.1 Å². The Morgan fingerprint density at radius 1 is 1.40 bits per heavy atom. The van der Waals surface area contributed by atoms with Gasteiger partial charge in [-0.2, -0.15) is 5.10 Å². The number of piperidine rings is 1. The van der Waals surface area contributed by atoms with Gasteiger partial charge in [0.1, 0.15) is 5.75 Å². The quantitative estimate of drug-likeness (QED) is 0.586. The SMILES string of the molecule is CCCOc1ccc(/C=N\NC(=O)[C@H]2CCCN(S(C)(=O)=O)C2)cc1. The molecular formula is C17H25N3O4S. The number of sulfonamides is 1. The number of hydrogen-bond acceptors (Lipinski definition) is 5. The van der Waals surface area contributed by atoms with E-state index >= 15 is 0 Å². The second kappa shape index (κ2) is 8.96. The monoisotopic (exact) mass is 367 g/mol. The molecule has 0 saturated carbocycles. The maximum Gasteiger partial charge on any atom is 0.244 e. The van der Waals surface area contributed by atoms with E-state index in [0.29, 0.717) is 26.0 Å². The predicted molar refractivity (Wildman–Crippen MR) is 97.1 cm³/mol. The van der Waals surface area contributed by atoms with Crippen molar-refractivity contribution in [3.05, 3.63) is 29.8 Å². The third-order valence-corrected chi connectivity index (χ3v) is 5.23. The summed E-state index contributed by atoms with van der Waals surface area (Å²) in [5, 5.41) is 3.96. The van der Waals surface area contributed by atoms with Gasteiger partial charge in [0.2, 0.25) is 15.9 Å². The smallest absolute Gasteiger partial charge is 0.244 e. The highest BCUT2D eigenvalue weighted by Gasteiger charge is 2.29. The molecule has 1 aromatic carbocycles. The van der Waals surface area contributed by atoms with Gasteiger partial charge in [0, 0.05) is 13.1 Å². The molecule has 0 unspecified atom stereocenters. The summed E-state index contributed by atoms with van der Waals surface area (Å²) in [6, 6.07) is 7.41. The van der Waals surface area contributed by atoms with Crippen molar-refractivity contribution in [3.8, 4) is 5.75 Å². The molecule has 138 valence electrons. The maximum absolute atomic E-state index is 12.2. The number of nitrogens with zero attached hydrogens (tertiary/aromatic N) is 2. The molecule has 8 heteroatoms. The van der Waals surface area contributed by atoms with Crippen LogP contribution in [-0.4, -0.2) is 50.8 Å². The van der Waals surface area contributed by atoms with Crippen LogP contribution in [-0.2, 0) is 14.8 Å². The zero-order chi connectivity index (χ0) is 18.3. The number of carbonyl (C=O) groups is 1. The minimum absolute atomic E-state index is 0.212. The number of rotatable bonds is 7. The average molecular weight is 367 g/mol. The number of hydrazone groups is 1. The molecule has 1 heterocycles. The first-order chi connectivity index (χ1) is 11.9. The van der Waals surface area contributed by atoms with Crippen LogP contribution in [0.3, 0.4) is 0 Å². The molecule has 0 aliphatic carbocycles. The number of benzene rings is 1. The van der Waals surface area contributed by atoms with Gasteiger partial charge in [0.15, 0.2) is 0 Å². The van der Waals surface area contributed by atoms with Crippen LogP contribution in [0.15, 0.2) is 29.4 Å². The summed E-state index contributed by atoms with van der Waals surface area (Å²) in [6.45, 7) is 3.41. The molecule has 1 amide bonds. The summed E-state index contributed by atoms with van der Waals surface area (Å²) < 4.78 is 30.1. The summed E-state index contributed by atoms with van der Waals surface area (Å²) in [6.07, 6.45) is 5.01. The molecule has 7 nitrogen and oxygen atoms in total. The highest BCUT2D eigenvalue weighted by atomic mass is 32.2. The lowest BCUT2D eigenvalue weighted by Gasteiger charge is -2.29. The Morgan fingerprint density at radius 3 is 2.76 bits per heavy atom. The highest BCUT2D eigenvalue weighted by molar-refractivity contribution is 7.88. The van der Waals surface area contributed by atoms with Crippen molar-refractivity contribution in [2.45, 2.75) is 26.2 Å². The van der Waals surface area contributed by atoms with E-state index < -0.39 is 10.0 Å². The van der Waals surface area contributed by atoms with E-state index in [4.69, 9.17) is 4.74 Å². The number of hydrogen-bond donors (Lipinski definition) is 1. The standard InChI is InChI=1S/C17H25N3O4S/c1-3-11-24-16-8-6-14(7-9-16)12-18-19-17(21)15-5-4-10-20(13-15)25(2,22)23/h6-9,12,15H,3-5,10-11,13H2,1-2H3,(H,19,21)/b18-12-/t15-/m0/s1. The minimum Gasteiger partial charge on any atom is -0.494 e. The Kier molecular flexibility index (Phi) is 6.95. The van der Waals surface area contributed by atoms with Crippen LogP contribution in [0.25, 0.3) is 0 Å². The number of ether oxygens (including phenoxy) is 1. The second-order valence-electron chi connectivity index (χ2n) is 6.11. The summed E-state index contributed by atoms with van der Waals surface area (Å²) in [5.74, 6) is 0.170. The normalized spacial score (nSPS) is 19.0. The van der Waals surface area contributed by atoms with Crippen LogP contribution < -0.4 is 10.2 Å². The third kappa shape index (κ3) is 6.13. The van der Waals surface area contributed by atoms with E-state index in [0.717, 1.165) is 17.7 Å². The second-order valence-corrected chi connectivity index (χ2v) is 8.09. The number of carbonyl (C=O) groups excluding carboxylic acids is 1. The fourth-order valence-electron chi connectivity index (χ4n) is 2.59. The predicted octanol–water partition coefficient (Wildman–Crippen LogP) is 1.60. The first-order valence-electron chi connectivity index (χ1n) is 8.41. The van der Waals surface area contributed by atoms with Gasteiger partial charge in [0.05, 0.1) is 25.0 Å². The summed E-state index contributed by atoms with van der Waals surface area (Å²) in [4.78, 5) is 12.2. The lowest BCUT2D eigenvalue weighted by Crippen LogP contribution is -2.44. The molecule has 0 spiro atoms. The van der Waals surface area contributed by atoms with E-state index in [1.165, 1.54) is 10.6 Å². The van der Waals surface area contributed by atoms with Crippen molar-refractivity contribution in [1.29, 1.82) is 0 Å². The molecule has 1 aliphatic rings.